The molecule has 6 heteroatoms. The molecule has 0 radical (unpaired) electrons. The van der Waals surface area contributed by atoms with Gasteiger partial charge in [-0.2, -0.15) is 4.98 Å². The van der Waals surface area contributed by atoms with Crippen LogP contribution in [-0.2, 0) is 9.47 Å². The molecule has 0 N–H and O–H groups in total. The Morgan fingerprint density at radius 3 is 3.14 bits per heavy atom. The standard InChI is InChI=1S/C16H20N2O4/c1-3-5-11-10-21-9-8-18(11)16-17-14-12(15(19)20-2)6-4-7-13(14)22-16/h4,6-7,11H,3,5,8-10H2,1-2H3/t11-/m0/s1. The summed E-state index contributed by atoms with van der Waals surface area (Å²) in [6, 6.07) is 6.09. The van der Waals surface area contributed by atoms with Crippen LogP contribution in [0.5, 0.6) is 0 Å². The van der Waals surface area contributed by atoms with Crippen molar-refractivity contribution in [2.45, 2.75) is 25.8 Å². The number of para-hydroxylation sites is 1. The summed E-state index contributed by atoms with van der Waals surface area (Å²) in [4.78, 5) is 18.5. The number of morpholine rings is 1. The fourth-order valence-corrected chi connectivity index (χ4v) is 2.81. The second kappa shape index (κ2) is 6.36. The number of ether oxygens (including phenoxy) is 2. The molecule has 0 bridgehead atoms. The van der Waals surface area contributed by atoms with Gasteiger partial charge in [-0.25, -0.2) is 4.79 Å². The molecule has 6 nitrogen and oxygen atoms in total. The second-order valence-corrected chi connectivity index (χ2v) is 5.35. The Hall–Kier alpha value is -2.08. The zero-order valence-corrected chi connectivity index (χ0v) is 12.9. The van der Waals surface area contributed by atoms with Crippen molar-refractivity contribution < 1.29 is 18.7 Å². The minimum atomic E-state index is -0.405. The lowest BCUT2D eigenvalue weighted by atomic mass is 10.1. The molecule has 0 unspecified atom stereocenters. The number of benzene rings is 1. The highest BCUT2D eigenvalue weighted by atomic mass is 16.5. The minimum absolute atomic E-state index is 0.258. The number of nitrogens with zero attached hydrogens (tertiary/aromatic N) is 2. The van der Waals surface area contributed by atoms with E-state index in [4.69, 9.17) is 13.9 Å². The lowest BCUT2D eigenvalue weighted by Crippen LogP contribution is -2.45. The van der Waals surface area contributed by atoms with Crippen LogP contribution in [0.1, 0.15) is 30.1 Å². The van der Waals surface area contributed by atoms with Crippen molar-refractivity contribution >= 4 is 23.1 Å². The van der Waals surface area contributed by atoms with E-state index in [0.717, 1.165) is 19.4 Å². The highest BCUT2D eigenvalue weighted by Crippen LogP contribution is 2.28. The molecule has 1 aliphatic rings. The lowest BCUT2D eigenvalue weighted by molar-refractivity contribution is 0.0602. The van der Waals surface area contributed by atoms with Crippen LogP contribution in [0.4, 0.5) is 6.01 Å². The van der Waals surface area contributed by atoms with Crippen molar-refractivity contribution in [2.24, 2.45) is 0 Å². The third-order valence-corrected chi connectivity index (χ3v) is 3.91. The number of carbonyl (C=O) groups is 1. The Labute approximate surface area is 129 Å². The Morgan fingerprint density at radius 1 is 1.50 bits per heavy atom. The monoisotopic (exact) mass is 304 g/mol. The molecular weight excluding hydrogens is 284 g/mol. The highest BCUT2D eigenvalue weighted by Gasteiger charge is 2.27. The van der Waals surface area contributed by atoms with Crippen LogP contribution >= 0.6 is 0 Å². The van der Waals surface area contributed by atoms with E-state index in [1.165, 1.54) is 7.11 Å². The first-order chi connectivity index (χ1) is 10.7. The number of aromatic nitrogens is 1. The number of rotatable bonds is 4. The first-order valence-corrected chi connectivity index (χ1v) is 7.56. The molecule has 3 rings (SSSR count). The number of hydrogen-bond donors (Lipinski definition) is 0. The van der Waals surface area contributed by atoms with Gasteiger partial charge in [-0.3, -0.25) is 0 Å². The van der Waals surface area contributed by atoms with Gasteiger partial charge >= 0.3 is 5.97 Å². The van der Waals surface area contributed by atoms with E-state index in [1.807, 2.05) is 6.07 Å². The van der Waals surface area contributed by atoms with Crippen molar-refractivity contribution in [1.29, 1.82) is 0 Å². The van der Waals surface area contributed by atoms with Gasteiger partial charge in [0.25, 0.3) is 6.01 Å². The van der Waals surface area contributed by atoms with Gasteiger partial charge < -0.3 is 18.8 Å². The van der Waals surface area contributed by atoms with Gasteiger partial charge in [0.15, 0.2) is 5.58 Å². The maximum absolute atomic E-state index is 11.8. The van der Waals surface area contributed by atoms with E-state index < -0.39 is 5.97 Å². The fraction of sp³-hybridized carbons (Fsp3) is 0.500. The van der Waals surface area contributed by atoms with Crippen LogP contribution in [0.15, 0.2) is 22.6 Å². The minimum Gasteiger partial charge on any atom is -0.465 e. The highest BCUT2D eigenvalue weighted by molar-refractivity contribution is 6.01. The van der Waals surface area contributed by atoms with E-state index in [9.17, 15) is 4.79 Å². The molecule has 1 saturated heterocycles. The summed E-state index contributed by atoms with van der Waals surface area (Å²) in [7, 11) is 1.36. The van der Waals surface area contributed by atoms with Crippen molar-refractivity contribution in [3.63, 3.8) is 0 Å². The molecule has 2 aromatic rings. The molecule has 0 aliphatic carbocycles. The third kappa shape index (κ3) is 2.66. The van der Waals surface area contributed by atoms with E-state index in [-0.39, 0.29) is 6.04 Å². The van der Waals surface area contributed by atoms with Crippen LogP contribution < -0.4 is 4.90 Å². The summed E-state index contributed by atoms with van der Waals surface area (Å²) in [6.07, 6.45) is 2.08. The lowest BCUT2D eigenvalue weighted by Gasteiger charge is -2.34. The normalized spacial score (nSPS) is 18.6. The van der Waals surface area contributed by atoms with E-state index in [2.05, 4.69) is 16.8 Å². The van der Waals surface area contributed by atoms with Crippen LogP contribution in [0.2, 0.25) is 0 Å². The Morgan fingerprint density at radius 2 is 2.36 bits per heavy atom. The van der Waals surface area contributed by atoms with Crippen LogP contribution in [0, 0.1) is 0 Å². The average Bonchev–Trinajstić information content (AvgIpc) is 2.98. The number of methoxy groups -OCH3 is 1. The van der Waals surface area contributed by atoms with Gasteiger partial charge in [-0.15, -0.1) is 0 Å². The molecule has 0 spiro atoms. The number of carbonyl (C=O) groups excluding carboxylic acids is 1. The predicted molar refractivity (Wildman–Crippen MR) is 82.2 cm³/mol. The molecule has 1 atom stereocenters. The van der Waals surface area contributed by atoms with Gasteiger partial charge in [0.2, 0.25) is 0 Å². The zero-order valence-electron chi connectivity index (χ0n) is 12.9. The molecule has 1 aromatic heterocycles. The summed E-state index contributed by atoms with van der Waals surface area (Å²) < 4.78 is 16.2. The fourth-order valence-electron chi connectivity index (χ4n) is 2.81. The first kappa shape index (κ1) is 14.8. The molecule has 0 saturated carbocycles. The van der Waals surface area contributed by atoms with E-state index >= 15 is 0 Å². The van der Waals surface area contributed by atoms with Crippen molar-refractivity contribution in [3.05, 3.63) is 23.8 Å². The summed E-state index contributed by atoms with van der Waals surface area (Å²) in [6.45, 7) is 4.22. The average molecular weight is 304 g/mol. The molecule has 1 aromatic carbocycles. The molecule has 1 fully saturated rings. The Balaban J connectivity index is 1.99. The SMILES string of the molecule is CCC[C@H]1COCCN1c1nc2c(C(=O)OC)cccc2o1. The van der Waals surface area contributed by atoms with Crippen molar-refractivity contribution in [1.82, 2.24) is 4.98 Å². The maximum Gasteiger partial charge on any atom is 0.340 e. The molecule has 2 heterocycles. The van der Waals surface area contributed by atoms with E-state index in [1.54, 1.807) is 12.1 Å². The van der Waals surface area contributed by atoms with E-state index in [0.29, 0.717) is 35.9 Å². The molecule has 1 aliphatic heterocycles. The first-order valence-electron chi connectivity index (χ1n) is 7.56. The number of fused-ring (bicyclic) bond motifs is 1. The van der Waals surface area contributed by atoms with Crippen LogP contribution in [0.3, 0.4) is 0 Å². The number of oxazole rings is 1. The maximum atomic E-state index is 11.8. The smallest absolute Gasteiger partial charge is 0.340 e. The van der Waals surface area contributed by atoms with Crippen LogP contribution in [0.25, 0.3) is 11.1 Å². The predicted octanol–water partition coefficient (Wildman–Crippen LogP) is 2.62. The van der Waals surface area contributed by atoms with Gasteiger partial charge in [0, 0.05) is 6.54 Å². The van der Waals surface area contributed by atoms with Crippen molar-refractivity contribution in [3.8, 4) is 0 Å². The third-order valence-electron chi connectivity index (χ3n) is 3.91. The number of anilines is 1. The summed E-state index contributed by atoms with van der Waals surface area (Å²) in [5, 5.41) is 0. The van der Waals surface area contributed by atoms with Gasteiger partial charge in [-0.05, 0) is 18.6 Å². The second-order valence-electron chi connectivity index (χ2n) is 5.35. The van der Waals surface area contributed by atoms with Gasteiger partial charge in [0.05, 0.1) is 31.9 Å². The van der Waals surface area contributed by atoms with Gasteiger partial charge in [-0.1, -0.05) is 19.4 Å². The number of hydrogen-bond acceptors (Lipinski definition) is 6. The van der Waals surface area contributed by atoms with Crippen LogP contribution in [-0.4, -0.2) is 43.9 Å². The number of esters is 1. The summed E-state index contributed by atoms with van der Waals surface area (Å²) in [5.41, 5.74) is 1.57. The largest absolute Gasteiger partial charge is 0.465 e. The summed E-state index contributed by atoms with van der Waals surface area (Å²) >= 11 is 0. The summed E-state index contributed by atoms with van der Waals surface area (Å²) in [5.74, 6) is -0.405. The molecule has 118 valence electrons. The van der Waals surface area contributed by atoms with Gasteiger partial charge in [0.1, 0.15) is 5.52 Å². The molecule has 0 amide bonds. The van der Waals surface area contributed by atoms with Crippen molar-refractivity contribution in [2.75, 3.05) is 31.8 Å². The topological polar surface area (TPSA) is 64.8 Å². The quantitative estimate of drug-likeness (QED) is 0.809. The Kier molecular flexibility index (Phi) is 4.29. The Bertz CT molecular complexity index is 665. The zero-order chi connectivity index (χ0) is 15.5. The molecule has 22 heavy (non-hydrogen) atoms. The molecular formula is C16H20N2O4.